The summed E-state index contributed by atoms with van der Waals surface area (Å²) in [4.78, 5) is 0. The topological polar surface area (TPSA) is 49.4 Å². The van der Waals surface area contributed by atoms with Gasteiger partial charge in [-0.2, -0.15) is 4.31 Å². The van der Waals surface area contributed by atoms with Gasteiger partial charge in [-0.05, 0) is 26.8 Å². The van der Waals surface area contributed by atoms with Gasteiger partial charge in [-0.15, -0.1) is 0 Å². The molecule has 0 aromatic heterocycles. The average Bonchev–Trinajstić information content (AvgIpc) is 2.07. The lowest BCUT2D eigenvalue weighted by atomic mass is 10.1. The first-order valence-electron chi connectivity index (χ1n) is 4.52. The molecule has 5 heteroatoms. The lowest BCUT2D eigenvalue weighted by molar-refractivity contribution is 0.244. The lowest BCUT2D eigenvalue weighted by Crippen LogP contribution is -2.50. The van der Waals surface area contributed by atoms with Gasteiger partial charge in [0.25, 0.3) is 0 Å². The molecule has 1 N–H and O–H groups in total. The van der Waals surface area contributed by atoms with E-state index >= 15 is 0 Å². The summed E-state index contributed by atoms with van der Waals surface area (Å²) in [5, 5.41) is 3.23. The molecule has 1 fully saturated rings. The van der Waals surface area contributed by atoms with Crippen molar-refractivity contribution in [3.8, 4) is 0 Å². The molecule has 78 valence electrons. The summed E-state index contributed by atoms with van der Waals surface area (Å²) in [6, 6.07) is 0. The second-order valence-corrected chi connectivity index (χ2v) is 6.08. The van der Waals surface area contributed by atoms with Gasteiger partial charge in [-0.1, -0.05) is 0 Å². The molecule has 1 aliphatic heterocycles. The Morgan fingerprint density at radius 1 is 1.38 bits per heavy atom. The van der Waals surface area contributed by atoms with Crippen LogP contribution in [0, 0.1) is 0 Å². The maximum atomic E-state index is 11.5. The van der Waals surface area contributed by atoms with Crippen LogP contribution in [0.25, 0.3) is 0 Å². The van der Waals surface area contributed by atoms with Crippen LogP contribution in [0.4, 0.5) is 0 Å². The van der Waals surface area contributed by atoms with E-state index in [1.807, 2.05) is 13.8 Å². The van der Waals surface area contributed by atoms with Crippen molar-refractivity contribution in [1.29, 1.82) is 0 Å². The summed E-state index contributed by atoms with van der Waals surface area (Å²) in [6.07, 6.45) is 2.16. The van der Waals surface area contributed by atoms with Crippen molar-refractivity contribution in [2.24, 2.45) is 0 Å². The molecule has 0 aliphatic carbocycles. The number of nitrogens with one attached hydrogen (secondary N) is 1. The third-order valence-corrected chi connectivity index (χ3v) is 3.83. The maximum absolute atomic E-state index is 11.5. The average molecular weight is 206 g/mol. The molecule has 1 rings (SSSR count). The summed E-state index contributed by atoms with van der Waals surface area (Å²) in [7, 11) is -3.06. The largest absolute Gasteiger partial charge is 0.315 e. The predicted octanol–water partition coefficient (Wildman–Crippen LogP) is 0.0199. The van der Waals surface area contributed by atoms with Crippen molar-refractivity contribution in [2.45, 2.75) is 25.8 Å². The Morgan fingerprint density at radius 2 is 2.00 bits per heavy atom. The minimum absolute atomic E-state index is 0.302. The zero-order chi connectivity index (χ0) is 10.1. The van der Waals surface area contributed by atoms with Crippen molar-refractivity contribution < 1.29 is 8.42 Å². The van der Waals surface area contributed by atoms with Gasteiger partial charge in [0, 0.05) is 18.6 Å². The number of hydrogen-bond donors (Lipinski definition) is 1. The smallest absolute Gasteiger partial charge is 0.211 e. The maximum Gasteiger partial charge on any atom is 0.211 e. The van der Waals surface area contributed by atoms with Crippen LogP contribution >= 0.6 is 0 Å². The van der Waals surface area contributed by atoms with Gasteiger partial charge in [-0.25, -0.2) is 8.42 Å². The molecule has 1 heterocycles. The van der Waals surface area contributed by atoms with Gasteiger partial charge >= 0.3 is 0 Å². The summed E-state index contributed by atoms with van der Waals surface area (Å²) in [5.41, 5.74) is -0.302. The second kappa shape index (κ2) is 3.55. The minimum Gasteiger partial charge on any atom is -0.315 e. The van der Waals surface area contributed by atoms with Crippen LogP contribution in [-0.2, 0) is 10.0 Å². The predicted molar refractivity (Wildman–Crippen MR) is 53.1 cm³/mol. The van der Waals surface area contributed by atoms with E-state index in [-0.39, 0.29) is 5.54 Å². The van der Waals surface area contributed by atoms with Crippen molar-refractivity contribution >= 4 is 10.0 Å². The molecule has 0 saturated carbocycles. The Morgan fingerprint density at radius 3 is 2.54 bits per heavy atom. The van der Waals surface area contributed by atoms with Gasteiger partial charge < -0.3 is 5.32 Å². The Labute approximate surface area is 80.4 Å². The fraction of sp³-hybridized carbons (Fsp3) is 1.00. The number of rotatable bonds is 1. The quantitative estimate of drug-likeness (QED) is 0.658. The summed E-state index contributed by atoms with van der Waals surface area (Å²) < 4.78 is 24.5. The van der Waals surface area contributed by atoms with E-state index in [1.165, 1.54) is 6.26 Å². The van der Waals surface area contributed by atoms with Crippen molar-refractivity contribution in [1.82, 2.24) is 9.62 Å². The Hall–Kier alpha value is -0.130. The second-order valence-electron chi connectivity index (χ2n) is 4.18. The number of hydrogen-bond acceptors (Lipinski definition) is 3. The van der Waals surface area contributed by atoms with Crippen LogP contribution in [0.15, 0.2) is 0 Å². The summed E-state index contributed by atoms with van der Waals surface area (Å²) in [5.74, 6) is 0. The lowest BCUT2D eigenvalue weighted by Gasteiger charge is -2.34. The molecule has 0 amide bonds. The fourth-order valence-electron chi connectivity index (χ4n) is 1.75. The highest BCUT2D eigenvalue weighted by Gasteiger charge is 2.34. The number of sulfonamides is 1. The molecule has 1 saturated heterocycles. The minimum atomic E-state index is -3.06. The van der Waals surface area contributed by atoms with Crippen LogP contribution < -0.4 is 5.32 Å². The number of nitrogens with zero attached hydrogens (tertiary/aromatic N) is 1. The van der Waals surface area contributed by atoms with Crippen molar-refractivity contribution in [3.05, 3.63) is 0 Å². The van der Waals surface area contributed by atoms with Crippen molar-refractivity contribution in [3.63, 3.8) is 0 Å². The van der Waals surface area contributed by atoms with Crippen LogP contribution in [-0.4, -0.2) is 44.2 Å². The van der Waals surface area contributed by atoms with E-state index in [2.05, 4.69) is 5.32 Å². The summed E-state index contributed by atoms with van der Waals surface area (Å²) in [6.45, 7) is 6.15. The van der Waals surface area contributed by atoms with Gasteiger partial charge in [0.15, 0.2) is 0 Å². The molecule has 0 atom stereocenters. The monoisotopic (exact) mass is 206 g/mol. The normalized spacial score (nSPS) is 25.5. The van der Waals surface area contributed by atoms with Gasteiger partial charge in [0.1, 0.15) is 0 Å². The zero-order valence-corrected chi connectivity index (χ0v) is 9.32. The highest BCUT2D eigenvalue weighted by atomic mass is 32.2. The molecule has 0 radical (unpaired) electrons. The van der Waals surface area contributed by atoms with Gasteiger partial charge in [-0.3, -0.25) is 0 Å². The van der Waals surface area contributed by atoms with Crippen LogP contribution in [0.5, 0.6) is 0 Å². The van der Waals surface area contributed by atoms with E-state index in [1.54, 1.807) is 4.31 Å². The third kappa shape index (κ3) is 2.65. The Kier molecular flexibility index (Phi) is 2.99. The molecular formula is C8H18N2O2S. The molecule has 0 bridgehead atoms. The molecule has 4 nitrogen and oxygen atoms in total. The molecule has 0 spiro atoms. The third-order valence-electron chi connectivity index (χ3n) is 2.35. The standard InChI is InChI=1S/C8H18N2O2S/c1-8(2)7-9-5-4-6-10(8)13(3,11)12/h9H,4-7H2,1-3H3. The first-order valence-corrected chi connectivity index (χ1v) is 6.37. The van der Waals surface area contributed by atoms with E-state index in [9.17, 15) is 8.42 Å². The highest BCUT2D eigenvalue weighted by molar-refractivity contribution is 7.88. The van der Waals surface area contributed by atoms with Gasteiger partial charge in [0.2, 0.25) is 10.0 Å². The highest BCUT2D eigenvalue weighted by Crippen LogP contribution is 2.19. The van der Waals surface area contributed by atoms with E-state index < -0.39 is 10.0 Å². The Balaban J connectivity index is 2.91. The van der Waals surface area contributed by atoms with E-state index in [0.717, 1.165) is 19.5 Å². The first kappa shape index (κ1) is 10.9. The van der Waals surface area contributed by atoms with Crippen LogP contribution in [0.1, 0.15) is 20.3 Å². The molecular weight excluding hydrogens is 188 g/mol. The van der Waals surface area contributed by atoms with Gasteiger partial charge in [0.05, 0.1) is 6.26 Å². The molecule has 0 aromatic carbocycles. The molecule has 0 aromatic rings. The SMILES string of the molecule is CC1(C)CNCCCN1S(C)(=O)=O. The first-order chi connectivity index (χ1) is 5.84. The van der Waals surface area contributed by atoms with Crippen LogP contribution in [0.2, 0.25) is 0 Å². The van der Waals surface area contributed by atoms with Crippen LogP contribution in [0.3, 0.4) is 0 Å². The summed E-state index contributed by atoms with van der Waals surface area (Å²) >= 11 is 0. The fourth-order valence-corrected chi connectivity index (χ4v) is 3.17. The van der Waals surface area contributed by atoms with E-state index in [0.29, 0.717) is 6.54 Å². The van der Waals surface area contributed by atoms with E-state index in [4.69, 9.17) is 0 Å². The Bertz CT molecular complexity index is 272. The zero-order valence-electron chi connectivity index (χ0n) is 8.50. The molecule has 1 aliphatic rings. The molecule has 0 unspecified atom stereocenters. The van der Waals surface area contributed by atoms with Crippen molar-refractivity contribution in [2.75, 3.05) is 25.9 Å². The molecule has 13 heavy (non-hydrogen) atoms.